The molecule has 1 aliphatic rings. The molecule has 0 atom stereocenters. The first-order valence-electron chi connectivity index (χ1n) is 8.62. The van der Waals surface area contributed by atoms with Crippen LogP contribution in [-0.2, 0) is 16.1 Å². The molecule has 1 aliphatic heterocycles. The van der Waals surface area contributed by atoms with Crippen LogP contribution < -0.4 is 14.3 Å². The van der Waals surface area contributed by atoms with Gasteiger partial charge in [-0.3, -0.25) is 9.59 Å². The first kappa shape index (κ1) is 18.2. The highest BCUT2D eigenvalue weighted by molar-refractivity contribution is 7.16. The number of nitrogens with zero attached hydrogens (tertiary/aromatic N) is 2. The van der Waals surface area contributed by atoms with Crippen LogP contribution in [0.4, 0.5) is 0 Å². The van der Waals surface area contributed by atoms with E-state index in [0.29, 0.717) is 21.9 Å². The van der Waals surface area contributed by atoms with Gasteiger partial charge in [-0.05, 0) is 37.1 Å². The van der Waals surface area contributed by atoms with Gasteiger partial charge in [0, 0.05) is 17.7 Å². The van der Waals surface area contributed by atoms with Crippen LogP contribution in [0.5, 0.6) is 11.5 Å². The van der Waals surface area contributed by atoms with Crippen LogP contribution in [0.15, 0.2) is 35.3 Å². The molecule has 2 heterocycles. The summed E-state index contributed by atoms with van der Waals surface area (Å²) in [6.45, 7) is 4.03. The summed E-state index contributed by atoms with van der Waals surface area (Å²) in [6.07, 6.45) is 0. The number of thiazole rings is 1. The quantitative estimate of drug-likeness (QED) is 0.634. The summed E-state index contributed by atoms with van der Waals surface area (Å²) in [5, 5.41) is 0. The topological polar surface area (TPSA) is 79.1 Å². The van der Waals surface area contributed by atoms with Crippen molar-refractivity contribution < 1.29 is 23.8 Å². The highest BCUT2D eigenvalue weighted by Crippen LogP contribution is 2.37. The maximum atomic E-state index is 12.7. The van der Waals surface area contributed by atoms with E-state index >= 15 is 0 Å². The Kier molecular flexibility index (Phi) is 4.64. The van der Waals surface area contributed by atoms with Crippen molar-refractivity contribution in [2.24, 2.45) is 4.99 Å². The molecule has 0 unspecified atom stereocenters. The molecule has 0 saturated heterocycles. The predicted octanol–water partition coefficient (Wildman–Crippen LogP) is 2.96. The Bertz CT molecular complexity index is 1180. The number of aromatic nitrogens is 1. The minimum atomic E-state index is -0.433. The number of esters is 1. The van der Waals surface area contributed by atoms with Crippen molar-refractivity contribution in [2.45, 2.75) is 20.4 Å². The third-order valence-electron chi connectivity index (χ3n) is 4.64. The number of carbonyl (C=O) groups excluding carboxylic acids is 2. The van der Waals surface area contributed by atoms with Crippen LogP contribution in [0.25, 0.3) is 10.2 Å². The van der Waals surface area contributed by atoms with E-state index in [1.807, 2.05) is 32.0 Å². The van der Waals surface area contributed by atoms with Gasteiger partial charge in [-0.1, -0.05) is 17.4 Å². The van der Waals surface area contributed by atoms with Crippen LogP contribution in [-0.4, -0.2) is 30.3 Å². The number of carbonyl (C=O) groups is 2. The molecule has 0 N–H and O–H groups in total. The number of ether oxygens (including phenoxy) is 3. The third-order valence-corrected chi connectivity index (χ3v) is 5.68. The molecule has 28 heavy (non-hydrogen) atoms. The van der Waals surface area contributed by atoms with Gasteiger partial charge in [-0.2, -0.15) is 4.99 Å². The SMILES string of the molecule is COC(=O)Cn1c(=NC(=O)c2ccc(C)c(C)c2)sc2cc3c(cc21)OCO3. The van der Waals surface area contributed by atoms with E-state index < -0.39 is 5.97 Å². The molecular weight excluding hydrogens is 380 g/mol. The fraction of sp³-hybridized carbons (Fsp3) is 0.250. The molecular formula is C20H18N2O5S. The largest absolute Gasteiger partial charge is 0.468 e. The minimum Gasteiger partial charge on any atom is -0.468 e. The van der Waals surface area contributed by atoms with E-state index in [9.17, 15) is 9.59 Å². The van der Waals surface area contributed by atoms with E-state index in [2.05, 4.69) is 4.99 Å². The second kappa shape index (κ2) is 7.12. The van der Waals surface area contributed by atoms with Gasteiger partial charge in [-0.25, -0.2) is 0 Å². The number of rotatable bonds is 3. The number of methoxy groups -OCH3 is 1. The fourth-order valence-corrected chi connectivity index (χ4v) is 3.96. The molecule has 0 fully saturated rings. The first-order chi connectivity index (χ1) is 13.5. The minimum absolute atomic E-state index is 0.0603. The standard InChI is InChI=1S/C20H18N2O5S/c1-11-4-5-13(6-12(11)2)19(24)21-20-22(9-18(23)25-3)14-7-15-16(27-10-26-15)8-17(14)28-20/h4-8H,9-10H2,1-3H3. The van der Waals surface area contributed by atoms with Gasteiger partial charge < -0.3 is 18.8 Å². The summed E-state index contributed by atoms with van der Waals surface area (Å²) < 4.78 is 18.1. The Morgan fingerprint density at radius 1 is 1.14 bits per heavy atom. The zero-order valence-electron chi connectivity index (χ0n) is 15.6. The van der Waals surface area contributed by atoms with Crippen LogP contribution in [0.3, 0.4) is 0 Å². The van der Waals surface area contributed by atoms with E-state index in [1.165, 1.54) is 18.4 Å². The molecule has 0 radical (unpaired) electrons. The third kappa shape index (κ3) is 3.27. The van der Waals surface area contributed by atoms with Gasteiger partial charge in [0.05, 0.1) is 17.3 Å². The van der Waals surface area contributed by atoms with Crippen molar-refractivity contribution in [3.63, 3.8) is 0 Å². The van der Waals surface area contributed by atoms with Crippen molar-refractivity contribution >= 4 is 33.4 Å². The second-order valence-corrected chi connectivity index (χ2v) is 7.45. The summed E-state index contributed by atoms with van der Waals surface area (Å²) in [7, 11) is 1.32. The molecule has 8 heteroatoms. The van der Waals surface area contributed by atoms with Crippen LogP contribution >= 0.6 is 11.3 Å². The van der Waals surface area contributed by atoms with E-state index in [4.69, 9.17) is 14.2 Å². The molecule has 1 amide bonds. The Morgan fingerprint density at radius 3 is 2.61 bits per heavy atom. The Labute approximate surface area is 164 Å². The lowest BCUT2D eigenvalue weighted by molar-refractivity contribution is -0.141. The highest BCUT2D eigenvalue weighted by atomic mass is 32.1. The van der Waals surface area contributed by atoms with Crippen LogP contribution in [0.2, 0.25) is 0 Å². The number of benzene rings is 2. The second-order valence-electron chi connectivity index (χ2n) is 6.44. The lowest BCUT2D eigenvalue weighted by atomic mass is 10.1. The van der Waals surface area contributed by atoms with Gasteiger partial charge >= 0.3 is 5.97 Å². The summed E-state index contributed by atoms with van der Waals surface area (Å²) >= 11 is 1.30. The number of amides is 1. The van der Waals surface area contributed by atoms with E-state index in [1.54, 1.807) is 16.7 Å². The van der Waals surface area contributed by atoms with Crippen molar-refractivity contribution in [1.29, 1.82) is 0 Å². The number of aryl methyl sites for hydroxylation is 2. The molecule has 2 aromatic carbocycles. The molecule has 7 nitrogen and oxygen atoms in total. The fourth-order valence-electron chi connectivity index (χ4n) is 2.92. The number of hydrogen-bond donors (Lipinski definition) is 0. The lowest BCUT2D eigenvalue weighted by Gasteiger charge is -2.05. The predicted molar refractivity (Wildman–Crippen MR) is 104 cm³/mol. The Morgan fingerprint density at radius 2 is 1.89 bits per heavy atom. The zero-order valence-corrected chi connectivity index (χ0v) is 16.5. The van der Waals surface area contributed by atoms with Crippen LogP contribution in [0.1, 0.15) is 21.5 Å². The maximum absolute atomic E-state index is 12.7. The van der Waals surface area contributed by atoms with Crippen molar-refractivity contribution in [3.05, 3.63) is 51.8 Å². The molecule has 0 spiro atoms. The van der Waals surface area contributed by atoms with Crippen LogP contribution in [0, 0.1) is 13.8 Å². The summed E-state index contributed by atoms with van der Waals surface area (Å²) in [5.41, 5.74) is 3.35. The Balaban J connectivity index is 1.85. The summed E-state index contributed by atoms with van der Waals surface area (Å²) in [4.78, 5) is 29.3. The summed E-state index contributed by atoms with van der Waals surface area (Å²) in [5.74, 6) is 0.424. The number of hydrogen-bond acceptors (Lipinski definition) is 6. The molecule has 3 aromatic rings. The van der Waals surface area contributed by atoms with Gasteiger partial charge in [0.1, 0.15) is 6.54 Å². The van der Waals surface area contributed by atoms with Gasteiger partial charge in [0.25, 0.3) is 5.91 Å². The lowest BCUT2D eigenvalue weighted by Crippen LogP contribution is -2.22. The molecule has 0 saturated carbocycles. The molecule has 0 bridgehead atoms. The average Bonchev–Trinajstić information content (AvgIpc) is 3.26. The maximum Gasteiger partial charge on any atom is 0.325 e. The molecule has 0 aliphatic carbocycles. The monoisotopic (exact) mass is 398 g/mol. The first-order valence-corrected chi connectivity index (χ1v) is 9.44. The number of fused-ring (bicyclic) bond motifs is 2. The summed E-state index contributed by atoms with van der Waals surface area (Å²) in [6, 6.07) is 9.08. The van der Waals surface area contributed by atoms with Gasteiger partial charge in [0.2, 0.25) is 6.79 Å². The smallest absolute Gasteiger partial charge is 0.325 e. The van der Waals surface area contributed by atoms with E-state index in [0.717, 1.165) is 21.3 Å². The van der Waals surface area contributed by atoms with Gasteiger partial charge in [-0.15, -0.1) is 0 Å². The van der Waals surface area contributed by atoms with Crippen molar-refractivity contribution in [3.8, 4) is 11.5 Å². The highest BCUT2D eigenvalue weighted by Gasteiger charge is 2.19. The Hall–Kier alpha value is -3.13. The van der Waals surface area contributed by atoms with E-state index in [-0.39, 0.29) is 19.2 Å². The van der Waals surface area contributed by atoms with Gasteiger partial charge in [0.15, 0.2) is 16.3 Å². The average molecular weight is 398 g/mol. The molecule has 144 valence electrons. The van der Waals surface area contributed by atoms with Crippen molar-refractivity contribution in [2.75, 3.05) is 13.9 Å². The van der Waals surface area contributed by atoms with Crippen molar-refractivity contribution in [1.82, 2.24) is 4.57 Å². The zero-order chi connectivity index (χ0) is 19.8. The molecule has 1 aromatic heterocycles. The molecule has 4 rings (SSSR count). The normalized spacial score (nSPS) is 13.2.